The molecule has 0 heterocycles. The lowest BCUT2D eigenvalue weighted by Gasteiger charge is -2.35. The first kappa shape index (κ1) is 29.1. The zero-order valence-corrected chi connectivity index (χ0v) is 18.9. The van der Waals surface area contributed by atoms with Crippen molar-refractivity contribution >= 4 is 11.8 Å². The molecule has 2 rings (SSSR count). The second kappa shape index (κ2) is 11.7. The highest BCUT2D eigenvalue weighted by molar-refractivity contribution is 5.87. The van der Waals surface area contributed by atoms with Crippen LogP contribution in [0.4, 0.5) is 35.1 Å². The maximum absolute atomic E-state index is 14.0. The van der Waals surface area contributed by atoms with Gasteiger partial charge in [-0.05, 0) is 36.8 Å². The van der Waals surface area contributed by atoms with E-state index in [2.05, 4.69) is 0 Å². The van der Waals surface area contributed by atoms with E-state index in [1.54, 1.807) is 60.7 Å². The van der Waals surface area contributed by atoms with Crippen LogP contribution in [-0.4, -0.2) is 48.6 Å². The molecule has 12 heteroatoms. The number of hydrogen-bond donors (Lipinski definition) is 2. The van der Waals surface area contributed by atoms with Crippen LogP contribution in [0.5, 0.6) is 0 Å². The van der Waals surface area contributed by atoms with Crippen LogP contribution in [0, 0.1) is 0 Å². The summed E-state index contributed by atoms with van der Waals surface area (Å²) in [6.45, 7) is -1.22. The molecular weight excluding hydrogens is 500 g/mol. The van der Waals surface area contributed by atoms with Gasteiger partial charge in [0.25, 0.3) is 11.8 Å². The second-order valence-electron chi connectivity index (χ2n) is 7.99. The Morgan fingerprint density at radius 3 is 1.17 bits per heavy atom. The Kier molecular flexibility index (Phi) is 9.44. The van der Waals surface area contributed by atoms with Crippen molar-refractivity contribution in [2.24, 2.45) is 0 Å². The summed E-state index contributed by atoms with van der Waals surface area (Å²) >= 11 is 0. The molecule has 198 valence electrons. The van der Waals surface area contributed by atoms with Gasteiger partial charge in [-0.3, -0.25) is 9.59 Å². The lowest BCUT2D eigenvalue weighted by atomic mass is 9.97. The van der Waals surface area contributed by atoms with E-state index < -0.39 is 48.6 Å². The number of hydrogen-bond acceptors (Lipinski definition) is 2. The summed E-state index contributed by atoms with van der Waals surface area (Å²) in [4.78, 5) is 23.2. The highest BCUT2D eigenvalue weighted by Crippen LogP contribution is 2.52. The van der Waals surface area contributed by atoms with Gasteiger partial charge in [-0.15, -0.1) is 0 Å². The highest BCUT2D eigenvalue weighted by Gasteiger charge is 2.84. The number of carbonyl (C=O) groups excluding carboxylic acids is 2. The van der Waals surface area contributed by atoms with E-state index >= 15 is 0 Å². The van der Waals surface area contributed by atoms with E-state index in [1.165, 1.54) is 10.6 Å². The maximum atomic E-state index is 14.0. The van der Waals surface area contributed by atoms with E-state index in [-0.39, 0.29) is 25.7 Å². The van der Waals surface area contributed by atoms with Crippen LogP contribution < -0.4 is 10.6 Å². The molecule has 0 spiro atoms. The fourth-order valence-corrected chi connectivity index (χ4v) is 3.18. The Labute approximate surface area is 202 Å². The molecule has 0 aliphatic heterocycles. The van der Waals surface area contributed by atoms with Gasteiger partial charge in [-0.1, -0.05) is 60.7 Å². The monoisotopic (exact) mass is 524 g/mol. The Bertz CT molecular complexity index is 920. The molecule has 0 atom stereocenters. The molecular formula is C24H24F8N2O2. The molecule has 0 unspecified atom stereocenters. The minimum absolute atomic E-state index is 0.0185. The number of halogens is 8. The van der Waals surface area contributed by atoms with Crippen LogP contribution in [-0.2, 0) is 22.4 Å². The Morgan fingerprint density at radius 1 is 0.556 bits per heavy atom. The second-order valence-corrected chi connectivity index (χ2v) is 7.99. The molecule has 4 nitrogen and oxygen atoms in total. The molecule has 0 bridgehead atoms. The minimum atomic E-state index is -6.88. The predicted molar refractivity (Wildman–Crippen MR) is 115 cm³/mol. The number of rotatable bonds is 13. The van der Waals surface area contributed by atoms with Gasteiger partial charge in [0.2, 0.25) is 0 Å². The molecule has 36 heavy (non-hydrogen) atoms. The minimum Gasteiger partial charge on any atom is -0.351 e. The SMILES string of the molecule is O=C(NCCCc1ccccc1)C(F)(F)C(F)(F)C(F)(F)C(F)(F)C(=O)NCCCc1ccccc1. The van der Waals surface area contributed by atoms with Gasteiger partial charge in [0.1, 0.15) is 0 Å². The summed E-state index contributed by atoms with van der Waals surface area (Å²) in [5, 5.41) is 2.72. The predicted octanol–water partition coefficient (Wildman–Crippen LogP) is 5.03. The summed E-state index contributed by atoms with van der Waals surface area (Å²) in [6, 6.07) is 16.8. The summed E-state index contributed by atoms with van der Waals surface area (Å²) < 4.78 is 112. The van der Waals surface area contributed by atoms with Crippen molar-refractivity contribution in [3.63, 3.8) is 0 Å². The standard InChI is InChI=1S/C24H24F8N2O2/c25-21(26,19(35)33-15-7-13-17-9-3-1-4-10-17)23(29,30)24(31,32)22(27,28)20(36)34-16-8-14-18-11-5-2-6-12-18/h1-6,9-12H,7-8,13-16H2,(H,33,35)(H,34,36). The third kappa shape index (κ3) is 6.33. The van der Waals surface area contributed by atoms with Crippen molar-refractivity contribution < 1.29 is 44.7 Å². The van der Waals surface area contributed by atoms with E-state index in [0.29, 0.717) is 0 Å². The normalized spacial score (nSPS) is 12.8. The molecule has 0 saturated carbocycles. The molecule has 0 saturated heterocycles. The van der Waals surface area contributed by atoms with Crippen molar-refractivity contribution in [3.05, 3.63) is 71.8 Å². The average Bonchev–Trinajstić information content (AvgIpc) is 2.85. The molecule has 0 aliphatic rings. The van der Waals surface area contributed by atoms with Gasteiger partial charge in [0.15, 0.2) is 0 Å². The lowest BCUT2D eigenvalue weighted by molar-refractivity contribution is -0.347. The van der Waals surface area contributed by atoms with Crippen LogP contribution in [0.25, 0.3) is 0 Å². The number of alkyl halides is 8. The molecule has 0 fully saturated rings. The highest BCUT2D eigenvalue weighted by atomic mass is 19.4. The van der Waals surface area contributed by atoms with Crippen molar-refractivity contribution in [2.75, 3.05) is 13.1 Å². The molecule has 0 radical (unpaired) electrons. The van der Waals surface area contributed by atoms with Crippen LogP contribution in [0.2, 0.25) is 0 Å². The summed E-state index contributed by atoms with van der Waals surface area (Å²) in [5.41, 5.74) is 1.45. The summed E-state index contributed by atoms with van der Waals surface area (Å²) in [5.74, 6) is -32.0. The zero-order valence-electron chi connectivity index (χ0n) is 18.9. The topological polar surface area (TPSA) is 58.2 Å². The van der Waals surface area contributed by atoms with E-state index in [9.17, 15) is 44.7 Å². The lowest BCUT2D eigenvalue weighted by Crippen LogP contribution is -2.69. The number of carbonyl (C=O) groups is 2. The van der Waals surface area contributed by atoms with Gasteiger partial charge in [0.05, 0.1) is 0 Å². The van der Waals surface area contributed by atoms with Crippen LogP contribution in [0.15, 0.2) is 60.7 Å². The number of aryl methyl sites for hydroxylation is 2. The van der Waals surface area contributed by atoms with Crippen molar-refractivity contribution in [1.29, 1.82) is 0 Å². The van der Waals surface area contributed by atoms with Gasteiger partial charge in [0, 0.05) is 13.1 Å². The Morgan fingerprint density at radius 2 is 0.861 bits per heavy atom. The zero-order chi connectivity index (χ0) is 27.0. The quantitative estimate of drug-likeness (QED) is 0.286. The number of nitrogens with one attached hydrogen (secondary N) is 2. The average molecular weight is 524 g/mol. The smallest absolute Gasteiger partial charge is 0.351 e. The number of amides is 2. The fraction of sp³-hybridized carbons (Fsp3) is 0.417. The maximum Gasteiger partial charge on any atom is 0.392 e. The van der Waals surface area contributed by atoms with Crippen LogP contribution in [0.1, 0.15) is 24.0 Å². The summed E-state index contributed by atoms with van der Waals surface area (Å²) in [7, 11) is 0. The third-order valence-electron chi connectivity index (χ3n) is 5.29. The first-order valence-corrected chi connectivity index (χ1v) is 10.9. The van der Waals surface area contributed by atoms with Gasteiger partial charge >= 0.3 is 23.7 Å². The van der Waals surface area contributed by atoms with Gasteiger partial charge in [-0.25, -0.2) is 0 Å². The first-order valence-electron chi connectivity index (χ1n) is 10.9. The Hall–Kier alpha value is -3.18. The molecule has 2 aromatic carbocycles. The van der Waals surface area contributed by atoms with E-state index in [1.807, 2.05) is 0 Å². The van der Waals surface area contributed by atoms with E-state index in [0.717, 1.165) is 11.1 Å². The first-order chi connectivity index (χ1) is 16.7. The van der Waals surface area contributed by atoms with Crippen LogP contribution in [0.3, 0.4) is 0 Å². The largest absolute Gasteiger partial charge is 0.392 e. The van der Waals surface area contributed by atoms with Gasteiger partial charge in [-0.2, -0.15) is 35.1 Å². The van der Waals surface area contributed by atoms with Crippen molar-refractivity contribution in [1.82, 2.24) is 10.6 Å². The molecule has 0 aromatic heterocycles. The van der Waals surface area contributed by atoms with Crippen molar-refractivity contribution in [2.45, 2.75) is 49.4 Å². The third-order valence-corrected chi connectivity index (χ3v) is 5.29. The number of benzene rings is 2. The van der Waals surface area contributed by atoms with Gasteiger partial charge < -0.3 is 10.6 Å². The molecule has 2 N–H and O–H groups in total. The molecule has 2 aromatic rings. The molecule has 2 amide bonds. The Balaban J connectivity index is 1.97. The fourth-order valence-electron chi connectivity index (χ4n) is 3.18. The van der Waals surface area contributed by atoms with Crippen LogP contribution >= 0.6 is 0 Å². The van der Waals surface area contributed by atoms with Crippen molar-refractivity contribution in [3.8, 4) is 0 Å². The van der Waals surface area contributed by atoms with E-state index in [4.69, 9.17) is 0 Å². The molecule has 0 aliphatic carbocycles. The summed E-state index contributed by atoms with van der Waals surface area (Å²) in [6.07, 6.45) is 0.439.